The maximum absolute atomic E-state index is 12.7. The van der Waals surface area contributed by atoms with E-state index in [1.807, 2.05) is 6.92 Å². The van der Waals surface area contributed by atoms with Gasteiger partial charge in [-0.1, -0.05) is 17.7 Å². The van der Waals surface area contributed by atoms with E-state index in [4.69, 9.17) is 5.11 Å². The molecule has 1 heterocycles. The van der Waals surface area contributed by atoms with Crippen molar-refractivity contribution < 1.29 is 23.1 Å². The number of nitrogens with zero attached hydrogens (tertiary/aromatic N) is 2. The van der Waals surface area contributed by atoms with Gasteiger partial charge in [-0.2, -0.15) is 4.31 Å². The quantitative estimate of drug-likeness (QED) is 0.846. The number of aryl methyl sites for hydroxylation is 1. The highest BCUT2D eigenvalue weighted by molar-refractivity contribution is 7.89. The second-order valence-corrected chi connectivity index (χ2v) is 8.39. The van der Waals surface area contributed by atoms with Crippen LogP contribution in [0.1, 0.15) is 25.3 Å². The highest BCUT2D eigenvalue weighted by atomic mass is 32.2. The lowest BCUT2D eigenvalue weighted by Gasteiger charge is -2.33. The van der Waals surface area contributed by atoms with Crippen LogP contribution in [0.3, 0.4) is 0 Å². The zero-order chi connectivity index (χ0) is 18.8. The molecule has 1 aromatic rings. The number of carboxylic acids is 1. The second kappa shape index (κ2) is 7.53. The summed E-state index contributed by atoms with van der Waals surface area (Å²) in [7, 11) is -2.09. The number of benzene rings is 1. The lowest BCUT2D eigenvalue weighted by Crippen LogP contribution is -2.47. The van der Waals surface area contributed by atoms with Crippen LogP contribution < -0.4 is 0 Å². The van der Waals surface area contributed by atoms with Crippen molar-refractivity contribution in [2.45, 2.75) is 37.6 Å². The van der Waals surface area contributed by atoms with Crippen molar-refractivity contribution in [2.24, 2.45) is 5.92 Å². The summed E-state index contributed by atoms with van der Waals surface area (Å²) in [5, 5.41) is 9.01. The van der Waals surface area contributed by atoms with Crippen LogP contribution in [0.25, 0.3) is 0 Å². The summed E-state index contributed by atoms with van der Waals surface area (Å²) in [6.45, 7) is 3.85. The summed E-state index contributed by atoms with van der Waals surface area (Å²) < 4.78 is 26.7. The average Bonchev–Trinajstić information content (AvgIpc) is 2.60. The fourth-order valence-corrected chi connectivity index (χ4v) is 4.32. The molecule has 1 aliphatic rings. The molecule has 0 radical (unpaired) electrons. The van der Waals surface area contributed by atoms with E-state index in [1.165, 1.54) is 23.2 Å². The van der Waals surface area contributed by atoms with Gasteiger partial charge in [0.05, 0.1) is 4.90 Å². The number of piperidine rings is 1. The first-order valence-electron chi connectivity index (χ1n) is 8.21. The molecule has 8 heteroatoms. The first kappa shape index (κ1) is 19.4. The number of hydrogen-bond acceptors (Lipinski definition) is 4. The van der Waals surface area contributed by atoms with Gasteiger partial charge in [0.2, 0.25) is 15.9 Å². The molecule has 1 unspecified atom stereocenters. The second-order valence-electron chi connectivity index (χ2n) is 6.45. The molecule has 1 aliphatic heterocycles. The van der Waals surface area contributed by atoms with Crippen molar-refractivity contribution in [3.63, 3.8) is 0 Å². The van der Waals surface area contributed by atoms with Crippen molar-refractivity contribution in [3.8, 4) is 0 Å². The van der Waals surface area contributed by atoms with Crippen LogP contribution in [0.15, 0.2) is 29.2 Å². The summed E-state index contributed by atoms with van der Waals surface area (Å²) >= 11 is 0. The molecule has 1 atom stereocenters. The Morgan fingerprint density at radius 3 is 2.20 bits per heavy atom. The van der Waals surface area contributed by atoms with Crippen LogP contribution in [0, 0.1) is 12.8 Å². The van der Waals surface area contributed by atoms with Crippen LogP contribution in [-0.2, 0) is 19.6 Å². The zero-order valence-electron chi connectivity index (χ0n) is 14.7. The molecule has 0 aliphatic carbocycles. The van der Waals surface area contributed by atoms with Crippen molar-refractivity contribution in [1.82, 2.24) is 9.21 Å². The fraction of sp³-hybridized carbons (Fsp3) is 0.529. The van der Waals surface area contributed by atoms with Gasteiger partial charge in [0.25, 0.3) is 0 Å². The number of aliphatic carboxylic acids is 1. The molecule has 7 nitrogen and oxygen atoms in total. The molecule has 0 saturated carbocycles. The standard InChI is InChI=1S/C17H24N2O5S/c1-12-4-6-15(7-5-12)25(23,24)19-10-8-14(9-11-19)16(20)18(3)13(2)17(21)22/h4-7,13-14H,8-11H2,1-3H3,(H,21,22). The first-order valence-corrected chi connectivity index (χ1v) is 9.65. The minimum Gasteiger partial charge on any atom is -0.480 e. The largest absolute Gasteiger partial charge is 0.480 e. The van der Waals surface area contributed by atoms with Gasteiger partial charge in [-0.15, -0.1) is 0 Å². The summed E-state index contributed by atoms with van der Waals surface area (Å²) in [6, 6.07) is 5.78. The first-order chi connectivity index (χ1) is 11.6. The van der Waals surface area contributed by atoms with Crippen LogP contribution in [0.5, 0.6) is 0 Å². The van der Waals surface area contributed by atoms with Crippen molar-refractivity contribution in [2.75, 3.05) is 20.1 Å². The molecule has 25 heavy (non-hydrogen) atoms. The van der Waals surface area contributed by atoms with Gasteiger partial charge in [-0.3, -0.25) is 4.79 Å². The van der Waals surface area contributed by atoms with Crippen molar-refractivity contribution in [1.29, 1.82) is 0 Å². The molecule has 138 valence electrons. The third kappa shape index (κ3) is 4.19. The number of likely N-dealkylation sites (N-methyl/N-ethyl adjacent to an activating group) is 1. The number of sulfonamides is 1. The molecule has 1 amide bonds. The summed E-state index contributed by atoms with van der Waals surface area (Å²) in [5.41, 5.74) is 0.985. The van der Waals surface area contributed by atoms with E-state index in [0.717, 1.165) is 5.56 Å². The molecule has 0 bridgehead atoms. The van der Waals surface area contributed by atoms with Crippen LogP contribution in [-0.4, -0.2) is 60.8 Å². The Morgan fingerprint density at radius 1 is 1.20 bits per heavy atom. The molecule has 0 aromatic heterocycles. The third-order valence-electron chi connectivity index (χ3n) is 4.75. The van der Waals surface area contributed by atoms with Crippen molar-refractivity contribution in [3.05, 3.63) is 29.8 Å². The van der Waals surface area contributed by atoms with Gasteiger partial charge in [0, 0.05) is 26.1 Å². The van der Waals surface area contributed by atoms with Gasteiger partial charge in [-0.05, 0) is 38.8 Å². The van der Waals surface area contributed by atoms with E-state index in [-0.39, 0.29) is 29.8 Å². The van der Waals surface area contributed by atoms with E-state index in [0.29, 0.717) is 12.8 Å². The normalized spacial score (nSPS) is 17.9. The highest BCUT2D eigenvalue weighted by Gasteiger charge is 2.34. The lowest BCUT2D eigenvalue weighted by molar-refractivity contribution is -0.150. The van der Waals surface area contributed by atoms with Gasteiger partial charge in [0.15, 0.2) is 0 Å². The number of carbonyl (C=O) groups is 2. The fourth-order valence-electron chi connectivity index (χ4n) is 2.85. The molecule has 1 fully saturated rings. The minimum atomic E-state index is -3.56. The number of amides is 1. The van der Waals surface area contributed by atoms with Crippen molar-refractivity contribution >= 4 is 21.9 Å². The molecular weight excluding hydrogens is 344 g/mol. The molecule has 1 saturated heterocycles. The highest BCUT2D eigenvalue weighted by Crippen LogP contribution is 2.25. The van der Waals surface area contributed by atoms with Crippen LogP contribution >= 0.6 is 0 Å². The topological polar surface area (TPSA) is 95.0 Å². The number of hydrogen-bond donors (Lipinski definition) is 1. The van der Waals surface area contributed by atoms with E-state index >= 15 is 0 Å². The molecular formula is C17H24N2O5S. The predicted molar refractivity (Wildman–Crippen MR) is 92.5 cm³/mol. The van der Waals surface area contributed by atoms with Crippen LogP contribution in [0.4, 0.5) is 0 Å². The monoisotopic (exact) mass is 368 g/mol. The maximum atomic E-state index is 12.7. The summed E-state index contributed by atoms with van der Waals surface area (Å²) in [4.78, 5) is 24.9. The predicted octanol–water partition coefficient (Wildman–Crippen LogP) is 1.33. The van der Waals surface area contributed by atoms with Crippen LogP contribution in [0.2, 0.25) is 0 Å². The van der Waals surface area contributed by atoms with E-state index in [1.54, 1.807) is 24.3 Å². The average molecular weight is 368 g/mol. The van der Waals surface area contributed by atoms with E-state index in [2.05, 4.69) is 0 Å². The van der Waals surface area contributed by atoms with Gasteiger partial charge in [0.1, 0.15) is 6.04 Å². The van der Waals surface area contributed by atoms with Gasteiger partial charge < -0.3 is 10.0 Å². The number of carbonyl (C=O) groups excluding carboxylic acids is 1. The smallest absolute Gasteiger partial charge is 0.326 e. The van der Waals surface area contributed by atoms with E-state index in [9.17, 15) is 18.0 Å². The minimum absolute atomic E-state index is 0.248. The third-order valence-corrected chi connectivity index (χ3v) is 6.66. The number of rotatable bonds is 5. The Labute approximate surface area is 148 Å². The summed E-state index contributed by atoms with van der Waals surface area (Å²) in [5.74, 6) is -1.66. The Morgan fingerprint density at radius 2 is 1.72 bits per heavy atom. The molecule has 1 N–H and O–H groups in total. The molecule has 1 aromatic carbocycles. The number of carboxylic acid groups (broad SMARTS) is 1. The Balaban J connectivity index is 2.02. The SMILES string of the molecule is Cc1ccc(S(=O)(=O)N2CCC(C(=O)N(C)C(C)C(=O)O)CC2)cc1. The Hall–Kier alpha value is -1.93. The summed E-state index contributed by atoms with van der Waals surface area (Å²) in [6.07, 6.45) is 0.779. The Bertz CT molecular complexity index is 737. The molecule has 2 rings (SSSR count). The van der Waals surface area contributed by atoms with Gasteiger partial charge in [-0.25, -0.2) is 13.2 Å². The maximum Gasteiger partial charge on any atom is 0.326 e. The van der Waals surface area contributed by atoms with Gasteiger partial charge >= 0.3 is 5.97 Å². The lowest BCUT2D eigenvalue weighted by atomic mass is 9.96. The zero-order valence-corrected chi connectivity index (χ0v) is 15.5. The van der Waals surface area contributed by atoms with E-state index < -0.39 is 22.0 Å². The molecule has 0 spiro atoms. The Kier molecular flexibility index (Phi) is 5.84.